The van der Waals surface area contributed by atoms with Gasteiger partial charge in [0.25, 0.3) is 0 Å². The number of anilines is 2. The molecule has 162 valence electrons. The van der Waals surface area contributed by atoms with Crippen LogP contribution in [0.1, 0.15) is 17.0 Å². The Kier molecular flexibility index (Phi) is 6.25. The number of hydrogen-bond acceptors (Lipinski definition) is 4. The third kappa shape index (κ3) is 4.73. The zero-order valence-corrected chi connectivity index (χ0v) is 18.2. The SMILES string of the molecule is Cc1nn(-c2ccc(Cl)cc2)c(C)c1CC(=O)Nc1ccc(N2CCOCC2)c(F)c1. The highest BCUT2D eigenvalue weighted by Crippen LogP contribution is 2.25. The monoisotopic (exact) mass is 442 g/mol. The standard InChI is InChI=1S/C23H24ClFN4O2/c1-15-20(16(2)29(27-15)19-6-3-17(24)4-7-19)14-23(30)26-18-5-8-22(21(25)13-18)28-9-11-31-12-10-28/h3-8,13H,9-12,14H2,1-2H3,(H,26,30). The minimum atomic E-state index is -0.359. The molecular formula is C23H24ClFN4O2. The molecule has 0 saturated carbocycles. The van der Waals surface area contributed by atoms with Gasteiger partial charge in [0.05, 0.1) is 36.7 Å². The number of nitrogens with one attached hydrogen (secondary N) is 1. The Morgan fingerprint density at radius 1 is 1.16 bits per heavy atom. The van der Waals surface area contributed by atoms with Gasteiger partial charge in [-0.3, -0.25) is 4.79 Å². The van der Waals surface area contributed by atoms with E-state index in [1.807, 2.05) is 30.9 Å². The molecule has 0 bridgehead atoms. The number of rotatable bonds is 5. The van der Waals surface area contributed by atoms with Crippen LogP contribution in [0.5, 0.6) is 0 Å². The minimum absolute atomic E-state index is 0.151. The fourth-order valence-corrected chi connectivity index (χ4v) is 3.90. The molecule has 1 amide bonds. The summed E-state index contributed by atoms with van der Waals surface area (Å²) in [4.78, 5) is 14.6. The van der Waals surface area contributed by atoms with Crippen molar-refractivity contribution >= 4 is 28.9 Å². The second-order valence-electron chi connectivity index (χ2n) is 7.53. The second-order valence-corrected chi connectivity index (χ2v) is 7.96. The van der Waals surface area contributed by atoms with Crippen LogP contribution < -0.4 is 10.2 Å². The number of hydrogen-bond donors (Lipinski definition) is 1. The van der Waals surface area contributed by atoms with E-state index in [4.69, 9.17) is 16.3 Å². The van der Waals surface area contributed by atoms with Gasteiger partial charge >= 0.3 is 0 Å². The van der Waals surface area contributed by atoms with Crippen molar-refractivity contribution in [3.63, 3.8) is 0 Å². The van der Waals surface area contributed by atoms with Crippen molar-refractivity contribution in [2.45, 2.75) is 20.3 Å². The highest BCUT2D eigenvalue weighted by Gasteiger charge is 2.18. The number of morpholine rings is 1. The van der Waals surface area contributed by atoms with Crippen LogP contribution in [0.2, 0.25) is 5.02 Å². The fraction of sp³-hybridized carbons (Fsp3) is 0.304. The molecule has 6 nitrogen and oxygen atoms in total. The maximum Gasteiger partial charge on any atom is 0.228 e. The Morgan fingerprint density at radius 3 is 2.55 bits per heavy atom. The number of aromatic nitrogens is 2. The molecule has 1 fully saturated rings. The number of nitrogens with zero attached hydrogens (tertiary/aromatic N) is 3. The smallest absolute Gasteiger partial charge is 0.228 e. The average Bonchev–Trinajstić information content (AvgIpc) is 3.03. The number of ether oxygens (including phenoxy) is 1. The van der Waals surface area contributed by atoms with Crippen molar-refractivity contribution in [3.05, 3.63) is 70.3 Å². The number of amides is 1. The molecule has 1 saturated heterocycles. The molecule has 2 aromatic carbocycles. The van der Waals surface area contributed by atoms with Gasteiger partial charge in [0, 0.05) is 35.1 Å². The summed E-state index contributed by atoms with van der Waals surface area (Å²) in [7, 11) is 0. The fourth-order valence-electron chi connectivity index (χ4n) is 3.78. The van der Waals surface area contributed by atoms with Crippen molar-refractivity contribution in [3.8, 4) is 5.69 Å². The van der Waals surface area contributed by atoms with Crippen molar-refractivity contribution in [2.24, 2.45) is 0 Å². The van der Waals surface area contributed by atoms with Gasteiger partial charge in [-0.2, -0.15) is 5.10 Å². The van der Waals surface area contributed by atoms with E-state index in [0.717, 1.165) is 22.6 Å². The van der Waals surface area contributed by atoms with Crippen LogP contribution in [0.15, 0.2) is 42.5 Å². The average molecular weight is 443 g/mol. The van der Waals surface area contributed by atoms with Gasteiger partial charge in [0.2, 0.25) is 5.91 Å². The third-order valence-electron chi connectivity index (χ3n) is 5.43. The van der Waals surface area contributed by atoms with Crippen molar-refractivity contribution < 1.29 is 13.9 Å². The topological polar surface area (TPSA) is 59.4 Å². The lowest BCUT2D eigenvalue weighted by Crippen LogP contribution is -2.36. The van der Waals surface area contributed by atoms with Gasteiger partial charge in [-0.15, -0.1) is 0 Å². The summed E-state index contributed by atoms with van der Waals surface area (Å²) in [5.41, 5.74) is 4.33. The lowest BCUT2D eigenvalue weighted by Gasteiger charge is -2.29. The summed E-state index contributed by atoms with van der Waals surface area (Å²) < 4.78 is 21.7. The molecule has 1 aliphatic heterocycles. The maximum atomic E-state index is 14.6. The molecular weight excluding hydrogens is 419 g/mol. The van der Waals surface area contributed by atoms with Gasteiger partial charge in [0.15, 0.2) is 0 Å². The first-order chi connectivity index (χ1) is 14.9. The third-order valence-corrected chi connectivity index (χ3v) is 5.68. The van der Waals surface area contributed by atoms with Gasteiger partial charge < -0.3 is 15.0 Å². The van der Waals surface area contributed by atoms with Gasteiger partial charge in [-0.05, 0) is 56.3 Å². The molecule has 1 aromatic heterocycles. The molecule has 4 rings (SSSR count). The normalized spacial score (nSPS) is 14.0. The summed E-state index contributed by atoms with van der Waals surface area (Å²) in [6, 6.07) is 12.1. The van der Waals surface area contributed by atoms with E-state index in [1.165, 1.54) is 6.07 Å². The first-order valence-corrected chi connectivity index (χ1v) is 10.5. The van der Waals surface area contributed by atoms with Crippen molar-refractivity contribution in [1.29, 1.82) is 0 Å². The van der Waals surface area contributed by atoms with E-state index in [-0.39, 0.29) is 18.1 Å². The summed E-state index contributed by atoms with van der Waals surface area (Å²) in [5, 5.41) is 8.01. The summed E-state index contributed by atoms with van der Waals surface area (Å²) in [5.74, 6) is -0.581. The van der Waals surface area contributed by atoms with Gasteiger partial charge in [-0.1, -0.05) is 11.6 Å². The van der Waals surface area contributed by atoms with E-state index in [1.54, 1.807) is 28.9 Å². The zero-order valence-electron chi connectivity index (χ0n) is 17.5. The molecule has 1 N–H and O–H groups in total. The Balaban J connectivity index is 1.46. The number of carbonyl (C=O) groups excluding carboxylic acids is 1. The van der Waals surface area contributed by atoms with Crippen LogP contribution >= 0.6 is 11.6 Å². The van der Waals surface area contributed by atoms with E-state index in [2.05, 4.69) is 10.4 Å². The molecule has 2 heterocycles. The van der Waals surface area contributed by atoms with Crippen molar-refractivity contribution in [2.75, 3.05) is 36.5 Å². The summed E-state index contributed by atoms with van der Waals surface area (Å²) >= 11 is 5.97. The number of benzene rings is 2. The minimum Gasteiger partial charge on any atom is -0.378 e. The first-order valence-electron chi connectivity index (χ1n) is 10.2. The van der Waals surface area contributed by atoms with E-state index in [0.29, 0.717) is 42.7 Å². The highest BCUT2D eigenvalue weighted by atomic mass is 35.5. The van der Waals surface area contributed by atoms with Crippen LogP contribution in [0.4, 0.5) is 15.8 Å². The highest BCUT2D eigenvalue weighted by molar-refractivity contribution is 6.30. The number of halogens is 2. The largest absolute Gasteiger partial charge is 0.378 e. The van der Waals surface area contributed by atoms with Crippen LogP contribution in [0, 0.1) is 19.7 Å². The van der Waals surface area contributed by atoms with Gasteiger partial charge in [0.1, 0.15) is 5.82 Å². The van der Waals surface area contributed by atoms with E-state index >= 15 is 0 Å². The Labute approximate surface area is 185 Å². The van der Waals surface area contributed by atoms with Crippen LogP contribution in [0.3, 0.4) is 0 Å². The molecule has 3 aromatic rings. The van der Waals surface area contributed by atoms with E-state index in [9.17, 15) is 9.18 Å². The van der Waals surface area contributed by atoms with Gasteiger partial charge in [-0.25, -0.2) is 9.07 Å². The lowest BCUT2D eigenvalue weighted by atomic mass is 10.1. The lowest BCUT2D eigenvalue weighted by molar-refractivity contribution is -0.115. The first kappa shape index (κ1) is 21.3. The summed E-state index contributed by atoms with van der Waals surface area (Å²) in [6.45, 7) is 6.27. The Bertz CT molecular complexity index is 1090. The zero-order chi connectivity index (χ0) is 22.0. The van der Waals surface area contributed by atoms with Crippen molar-refractivity contribution in [1.82, 2.24) is 9.78 Å². The van der Waals surface area contributed by atoms with Crippen LogP contribution in [-0.2, 0) is 16.0 Å². The predicted molar refractivity (Wildman–Crippen MR) is 120 cm³/mol. The molecule has 0 atom stereocenters. The maximum absolute atomic E-state index is 14.6. The number of carbonyl (C=O) groups is 1. The summed E-state index contributed by atoms with van der Waals surface area (Å²) in [6.07, 6.45) is 0.151. The number of aryl methyl sites for hydroxylation is 1. The Morgan fingerprint density at radius 2 is 1.87 bits per heavy atom. The molecule has 0 radical (unpaired) electrons. The quantitative estimate of drug-likeness (QED) is 0.640. The predicted octanol–water partition coefficient (Wildman–Crippen LogP) is 4.30. The van der Waals surface area contributed by atoms with E-state index < -0.39 is 0 Å². The van der Waals surface area contributed by atoms with Crippen LogP contribution in [0.25, 0.3) is 5.69 Å². The molecule has 0 aliphatic carbocycles. The second kappa shape index (κ2) is 9.08. The molecule has 8 heteroatoms. The molecule has 31 heavy (non-hydrogen) atoms. The molecule has 0 spiro atoms. The molecule has 1 aliphatic rings. The van der Waals surface area contributed by atoms with Crippen LogP contribution in [-0.4, -0.2) is 42.0 Å². The Hall–Kier alpha value is -2.90. The molecule has 0 unspecified atom stereocenters.